The Balaban J connectivity index is 1.77. The van der Waals surface area contributed by atoms with E-state index in [0.717, 1.165) is 23.9 Å². The Hall–Kier alpha value is -3.74. The van der Waals surface area contributed by atoms with Gasteiger partial charge < -0.3 is 9.73 Å². The van der Waals surface area contributed by atoms with E-state index in [4.69, 9.17) is 4.42 Å². The van der Waals surface area contributed by atoms with Gasteiger partial charge in [-0.3, -0.25) is 4.79 Å². The van der Waals surface area contributed by atoms with Gasteiger partial charge in [-0.25, -0.2) is 13.5 Å². The molecule has 0 radical (unpaired) electrons. The summed E-state index contributed by atoms with van der Waals surface area (Å²) in [5.74, 6) is -0.960. The summed E-state index contributed by atoms with van der Waals surface area (Å²) in [7, 11) is 0. The van der Waals surface area contributed by atoms with E-state index in [9.17, 15) is 13.6 Å². The molecular formula is C21H15F2N3O2. The monoisotopic (exact) mass is 379 g/mol. The molecule has 2 aromatic carbocycles. The van der Waals surface area contributed by atoms with Crippen LogP contribution in [0.3, 0.4) is 0 Å². The first-order valence-electron chi connectivity index (χ1n) is 8.49. The maximum Gasteiger partial charge on any atom is 0.259 e. The first-order valence-corrected chi connectivity index (χ1v) is 8.49. The summed E-state index contributed by atoms with van der Waals surface area (Å²) in [6.45, 7) is 1.78. The summed E-state index contributed by atoms with van der Waals surface area (Å²) < 4.78 is 34.5. The van der Waals surface area contributed by atoms with Crippen LogP contribution >= 0.6 is 0 Å². The SMILES string of the molecule is Cc1ccc(-c2nn(-c3ccccc3)cc2C(=O)Nc2cc(F)ccc2F)o1. The summed E-state index contributed by atoms with van der Waals surface area (Å²) in [6, 6.07) is 15.5. The molecule has 0 fully saturated rings. The summed E-state index contributed by atoms with van der Waals surface area (Å²) >= 11 is 0. The van der Waals surface area contributed by atoms with E-state index in [2.05, 4.69) is 10.4 Å². The molecule has 2 aromatic heterocycles. The third kappa shape index (κ3) is 3.42. The third-order valence-corrected chi connectivity index (χ3v) is 4.13. The van der Waals surface area contributed by atoms with Crippen LogP contribution in [0, 0.1) is 18.6 Å². The van der Waals surface area contributed by atoms with Crippen molar-refractivity contribution in [3.05, 3.63) is 89.8 Å². The average molecular weight is 379 g/mol. The van der Waals surface area contributed by atoms with Crippen LogP contribution in [0.1, 0.15) is 16.1 Å². The number of nitrogens with zero attached hydrogens (tertiary/aromatic N) is 2. The maximum absolute atomic E-state index is 13.9. The zero-order valence-corrected chi connectivity index (χ0v) is 14.8. The van der Waals surface area contributed by atoms with Gasteiger partial charge in [0.15, 0.2) is 5.76 Å². The van der Waals surface area contributed by atoms with Gasteiger partial charge in [0, 0.05) is 12.3 Å². The van der Waals surface area contributed by atoms with Crippen LogP contribution in [0.2, 0.25) is 0 Å². The van der Waals surface area contributed by atoms with Crippen molar-refractivity contribution >= 4 is 11.6 Å². The number of para-hydroxylation sites is 1. The number of aryl methyl sites for hydroxylation is 1. The molecule has 5 nitrogen and oxygen atoms in total. The fraction of sp³-hybridized carbons (Fsp3) is 0.0476. The average Bonchev–Trinajstić information content (AvgIpc) is 3.32. The predicted molar refractivity (Wildman–Crippen MR) is 100 cm³/mol. The van der Waals surface area contributed by atoms with E-state index in [1.165, 1.54) is 10.9 Å². The van der Waals surface area contributed by atoms with E-state index >= 15 is 0 Å². The number of rotatable bonds is 4. The Labute approximate surface area is 159 Å². The zero-order valence-electron chi connectivity index (χ0n) is 14.8. The second-order valence-electron chi connectivity index (χ2n) is 6.16. The summed E-state index contributed by atoms with van der Waals surface area (Å²) in [4.78, 5) is 12.8. The van der Waals surface area contributed by atoms with Gasteiger partial charge in [-0.1, -0.05) is 18.2 Å². The molecule has 0 bridgehead atoms. The Morgan fingerprint density at radius 1 is 1.07 bits per heavy atom. The summed E-state index contributed by atoms with van der Waals surface area (Å²) in [6.07, 6.45) is 1.52. The first kappa shape index (κ1) is 17.7. The lowest BCUT2D eigenvalue weighted by Crippen LogP contribution is -2.13. The molecule has 0 aliphatic rings. The normalized spacial score (nSPS) is 10.8. The van der Waals surface area contributed by atoms with Crippen LogP contribution in [-0.2, 0) is 0 Å². The molecule has 0 saturated heterocycles. The highest BCUT2D eigenvalue weighted by Gasteiger charge is 2.22. The van der Waals surface area contributed by atoms with Gasteiger partial charge in [0.25, 0.3) is 5.91 Å². The van der Waals surface area contributed by atoms with Gasteiger partial charge in [0.2, 0.25) is 0 Å². The standard InChI is InChI=1S/C21H15F2N3O2/c1-13-7-10-19(28-13)20-16(12-26(25-20)15-5-3-2-4-6-15)21(27)24-18-11-14(22)8-9-17(18)23/h2-12H,1H3,(H,24,27). The molecule has 1 N–H and O–H groups in total. The van der Waals surface area contributed by atoms with Gasteiger partial charge in [-0.2, -0.15) is 5.10 Å². The van der Waals surface area contributed by atoms with Crippen molar-refractivity contribution in [3.8, 4) is 17.1 Å². The number of nitrogens with one attached hydrogen (secondary N) is 1. The number of halogens is 2. The van der Waals surface area contributed by atoms with Crippen molar-refractivity contribution in [1.29, 1.82) is 0 Å². The van der Waals surface area contributed by atoms with Crippen molar-refractivity contribution in [2.45, 2.75) is 6.92 Å². The molecule has 1 amide bonds. The minimum atomic E-state index is -0.736. The molecule has 0 unspecified atom stereocenters. The van der Waals surface area contributed by atoms with E-state index in [1.807, 2.05) is 30.3 Å². The van der Waals surface area contributed by atoms with Gasteiger partial charge >= 0.3 is 0 Å². The number of carbonyl (C=O) groups excluding carboxylic acids is 1. The lowest BCUT2D eigenvalue weighted by atomic mass is 10.2. The van der Waals surface area contributed by atoms with Gasteiger partial charge in [0.1, 0.15) is 23.1 Å². The number of hydrogen-bond acceptors (Lipinski definition) is 3. The fourth-order valence-electron chi connectivity index (χ4n) is 2.78. The molecule has 0 spiro atoms. The second kappa shape index (κ2) is 7.11. The van der Waals surface area contributed by atoms with Gasteiger partial charge in [-0.15, -0.1) is 0 Å². The van der Waals surface area contributed by atoms with Gasteiger partial charge in [-0.05, 0) is 43.3 Å². The van der Waals surface area contributed by atoms with Crippen molar-refractivity contribution in [2.75, 3.05) is 5.32 Å². The van der Waals surface area contributed by atoms with Crippen molar-refractivity contribution in [3.63, 3.8) is 0 Å². The number of anilines is 1. The Kier molecular flexibility index (Phi) is 4.49. The highest BCUT2D eigenvalue weighted by molar-refractivity contribution is 6.07. The minimum Gasteiger partial charge on any atom is -0.460 e. The molecule has 0 aliphatic heterocycles. The molecule has 0 aliphatic carbocycles. The number of hydrogen-bond donors (Lipinski definition) is 1. The molecular weight excluding hydrogens is 364 g/mol. The molecule has 2 heterocycles. The van der Waals surface area contributed by atoms with Crippen LogP contribution in [0.5, 0.6) is 0 Å². The lowest BCUT2D eigenvalue weighted by molar-refractivity contribution is 0.102. The molecule has 0 saturated carbocycles. The number of aromatic nitrogens is 2. The van der Waals surface area contributed by atoms with E-state index in [1.54, 1.807) is 19.1 Å². The Morgan fingerprint density at radius 2 is 1.86 bits per heavy atom. The highest BCUT2D eigenvalue weighted by atomic mass is 19.1. The number of carbonyl (C=O) groups is 1. The predicted octanol–water partition coefficient (Wildman–Crippen LogP) is 4.97. The van der Waals surface area contributed by atoms with Crippen molar-refractivity contribution in [1.82, 2.24) is 9.78 Å². The van der Waals surface area contributed by atoms with Crippen LogP contribution < -0.4 is 5.32 Å². The van der Waals surface area contributed by atoms with E-state index in [-0.39, 0.29) is 11.3 Å². The second-order valence-corrected chi connectivity index (χ2v) is 6.16. The van der Waals surface area contributed by atoms with Crippen molar-refractivity contribution in [2.24, 2.45) is 0 Å². The smallest absolute Gasteiger partial charge is 0.259 e. The Morgan fingerprint density at radius 3 is 2.57 bits per heavy atom. The quantitative estimate of drug-likeness (QED) is 0.545. The minimum absolute atomic E-state index is 0.168. The fourth-order valence-corrected chi connectivity index (χ4v) is 2.78. The number of furan rings is 1. The number of benzene rings is 2. The zero-order chi connectivity index (χ0) is 19.7. The molecule has 28 heavy (non-hydrogen) atoms. The van der Waals surface area contributed by atoms with Crippen molar-refractivity contribution < 1.29 is 18.0 Å². The maximum atomic E-state index is 13.9. The highest BCUT2D eigenvalue weighted by Crippen LogP contribution is 2.27. The molecule has 0 atom stereocenters. The molecule has 4 rings (SSSR count). The molecule has 140 valence electrons. The topological polar surface area (TPSA) is 60.1 Å². The van der Waals surface area contributed by atoms with Crippen LogP contribution in [0.15, 0.2) is 71.3 Å². The number of amides is 1. The Bertz CT molecular complexity index is 1150. The summed E-state index contributed by atoms with van der Waals surface area (Å²) in [5, 5.41) is 6.86. The van der Waals surface area contributed by atoms with Gasteiger partial charge in [0.05, 0.1) is 16.9 Å². The van der Waals surface area contributed by atoms with Crippen LogP contribution in [0.4, 0.5) is 14.5 Å². The van der Waals surface area contributed by atoms with Crippen LogP contribution in [-0.4, -0.2) is 15.7 Å². The summed E-state index contributed by atoms with van der Waals surface area (Å²) in [5.41, 5.74) is 0.954. The van der Waals surface area contributed by atoms with E-state index in [0.29, 0.717) is 17.2 Å². The molecule has 7 heteroatoms. The molecule has 4 aromatic rings. The third-order valence-electron chi connectivity index (χ3n) is 4.13. The lowest BCUT2D eigenvalue weighted by Gasteiger charge is -2.06. The largest absolute Gasteiger partial charge is 0.460 e. The van der Waals surface area contributed by atoms with Crippen LogP contribution in [0.25, 0.3) is 17.1 Å². The van der Waals surface area contributed by atoms with E-state index < -0.39 is 17.5 Å². The first-order chi connectivity index (χ1) is 13.5.